The van der Waals surface area contributed by atoms with Crippen LogP contribution in [0, 0.1) is 0 Å². The van der Waals surface area contributed by atoms with Gasteiger partial charge in [-0.3, -0.25) is 4.79 Å². The molecule has 0 aliphatic carbocycles. The van der Waals surface area contributed by atoms with E-state index in [9.17, 15) is 4.79 Å². The van der Waals surface area contributed by atoms with Crippen molar-refractivity contribution in [1.29, 1.82) is 0 Å². The average Bonchev–Trinajstić information content (AvgIpc) is 2.49. The molecule has 0 fully saturated rings. The van der Waals surface area contributed by atoms with E-state index < -0.39 is 0 Å². The summed E-state index contributed by atoms with van der Waals surface area (Å²) >= 11 is 3.52. The van der Waals surface area contributed by atoms with Crippen LogP contribution < -0.4 is 0 Å². The molecule has 0 saturated heterocycles. The van der Waals surface area contributed by atoms with Crippen molar-refractivity contribution in [1.82, 2.24) is 4.90 Å². The molecule has 3 heteroatoms. The maximum atomic E-state index is 12.5. The molecule has 0 saturated carbocycles. The van der Waals surface area contributed by atoms with E-state index in [1.54, 1.807) is 4.90 Å². The maximum Gasteiger partial charge on any atom is 0.229 e. The van der Waals surface area contributed by atoms with Crippen molar-refractivity contribution < 1.29 is 4.79 Å². The second-order valence-electron chi connectivity index (χ2n) is 4.92. The fourth-order valence-corrected chi connectivity index (χ4v) is 2.59. The van der Waals surface area contributed by atoms with Crippen LogP contribution in [0.3, 0.4) is 0 Å². The zero-order valence-corrected chi connectivity index (χ0v) is 13.3. The fourth-order valence-electron chi connectivity index (χ4n) is 2.17. The van der Waals surface area contributed by atoms with Gasteiger partial charge in [0, 0.05) is 18.1 Å². The number of likely N-dealkylation sites (N-methyl/N-ethyl adjacent to an activating group) is 1. The third kappa shape index (κ3) is 3.48. The number of halogens is 1. The third-order valence-corrected chi connectivity index (χ3v) is 4.19. The Kier molecular flexibility index (Phi) is 4.96. The molecule has 2 rings (SSSR count). The Balaban J connectivity index is 2.08. The molecule has 104 valence electrons. The molecule has 0 aromatic heterocycles. The Bertz CT molecular complexity index is 583. The summed E-state index contributed by atoms with van der Waals surface area (Å²) in [5.41, 5.74) is 2.17. The minimum atomic E-state index is -0.122. The Morgan fingerprint density at radius 1 is 1.10 bits per heavy atom. The van der Waals surface area contributed by atoms with Crippen LogP contribution in [-0.2, 0) is 11.3 Å². The van der Waals surface area contributed by atoms with Gasteiger partial charge in [-0.2, -0.15) is 0 Å². The zero-order valence-electron chi connectivity index (χ0n) is 11.7. The highest BCUT2D eigenvalue weighted by Gasteiger charge is 2.19. The highest BCUT2D eigenvalue weighted by molar-refractivity contribution is 9.10. The van der Waals surface area contributed by atoms with Crippen molar-refractivity contribution in [3.8, 4) is 0 Å². The summed E-state index contributed by atoms with van der Waals surface area (Å²) in [5.74, 6) is 0.00985. The molecular weight excluding hydrogens is 314 g/mol. The van der Waals surface area contributed by atoms with Crippen molar-refractivity contribution >= 4 is 21.8 Å². The molecule has 0 spiro atoms. The number of hydrogen-bond acceptors (Lipinski definition) is 1. The van der Waals surface area contributed by atoms with E-state index >= 15 is 0 Å². The molecule has 0 radical (unpaired) electrons. The van der Waals surface area contributed by atoms with Crippen molar-refractivity contribution in [2.75, 3.05) is 7.05 Å². The Hall–Kier alpha value is -1.61. The van der Waals surface area contributed by atoms with Gasteiger partial charge in [-0.1, -0.05) is 64.5 Å². The average molecular weight is 332 g/mol. The summed E-state index contributed by atoms with van der Waals surface area (Å²) < 4.78 is 1.03. The van der Waals surface area contributed by atoms with Gasteiger partial charge in [0.1, 0.15) is 0 Å². The number of amides is 1. The highest BCUT2D eigenvalue weighted by Crippen LogP contribution is 2.21. The van der Waals surface area contributed by atoms with Crippen molar-refractivity contribution in [2.24, 2.45) is 0 Å². The summed E-state index contributed by atoms with van der Waals surface area (Å²) in [5, 5.41) is 0. The third-order valence-electron chi connectivity index (χ3n) is 3.41. The first-order chi connectivity index (χ1) is 9.59. The van der Waals surface area contributed by atoms with Crippen LogP contribution in [0.25, 0.3) is 0 Å². The first kappa shape index (κ1) is 14.8. The predicted octanol–water partition coefficient (Wildman–Crippen LogP) is 4.21. The lowest BCUT2D eigenvalue weighted by molar-refractivity contribution is -0.131. The maximum absolute atomic E-state index is 12.5. The van der Waals surface area contributed by atoms with Crippen LogP contribution in [0.5, 0.6) is 0 Å². The summed E-state index contributed by atoms with van der Waals surface area (Å²) in [6, 6.07) is 17.9. The van der Waals surface area contributed by atoms with E-state index in [-0.39, 0.29) is 11.8 Å². The van der Waals surface area contributed by atoms with E-state index in [2.05, 4.69) is 15.9 Å². The minimum Gasteiger partial charge on any atom is -0.341 e. The molecule has 0 aliphatic rings. The minimum absolute atomic E-state index is 0.122. The predicted molar refractivity (Wildman–Crippen MR) is 85.5 cm³/mol. The number of benzene rings is 2. The van der Waals surface area contributed by atoms with Gasteiger partial charge in [0.15, 0.2) is 0 Å². The van der Waals surface area contributed by atoms with Gasteiger partial charge in [0.25, 0.3) is 0 Å². The molecule has 0 aliphatic heterocycles. The molecule has 2 nitrogen and oxygen atoms in total. The standard InChI is InChI=1S/C17H18BrNO/c1-13(14-8-4-3-5-9-14)17(20)19(2)12-15-10-6-7-11-16(15)18/h3-11,13H,12H2,1-2H3. The van der Waals surface area contributed by atoms with E-state index in [4.69, 9.17) is 0 Å². The SMILES string of the molecule is CC(C(=O)N(C)Cc1ccccc1Br)c1ccccc1. The normalized spacial score (nSPS) is 11.9. The number of carbonyl (C=O) groups is 1. The molecule has 1 atom stereocenters. The number of nitrogens with zero attached hydrogens (tertiary/aromatic N) is 1. The van der Waals surface area contributed by atoms with E-state index in [1.165, 1.54) is 0 Å². The zero-order chi connectivity index (χ0) is 14.5. The van der Waals surface area contributed by atoms with Crippen LogP contribution in [0.1, 0.15) is 24.0 Å². The fraction of sp³-hybridized carbons (Fsp3) is 0.235. The van der Waals surface area contributed by atoms with Gasteiger partial charge in [0.2, 0.25) is 5.91 Å². The lowest BCUT2D eigenvalue weighted by Gasteiger charge is -2.22. The van der Waals surface area contributed by atoms with E-state index in [1.807, 2.05) is 68.6 Å². The van der Waals surface area contributed by atoms with Gasteiger partial charge in [-0.05, 0) is 24.1 Å². The first-order valence-corrected chi connectivity index (χ1v) is 7.42. The Morgan fingerprint density at radius 2 is 1.70 bits per heavy atom. The second kappa shape index (κ2) is 6.71. The quantitative estimate of drug-likeness (QED) is 0.821. The monoisotopic (exact) mass is 331 g/mol. The molecule has 0 heterocycles. The van der Waals surface area contributed by atoms with Crippen LogP contribution >= 0.6 is 15.9 Å². The Labute approximate surface area is 128 Å². The summed E-state index contributed by atoms with van der Waals surface area (Å²) in [6.07, 6.45) is 0. The van der Waals surface area contributed by atoms with Crippen molar-refractivity contribution in [3.63, 3.8) is 0 Å². The molecule has 0 N–H and O–H groups in total. The van der Waals surface area contributed by atoms with Crippen molar-refractivity contribution in [3.05, 3.63) is 70.2 Å². The molecule has 20 heavy (non-hydrogen) atoms. The molecule has 2 aromatic rings. The summed E-state index contributed by atoms with van der Waals surface area (Å²) in [4.78, 5) is 14.2. The van der Waals surface area contributed by atoms with Crippen LogP contribution in [0.2, 0.25) is 0 Å². The molecule has 2 aromatic carbocycles. The molecule has 1 amide bonds. The Morgan fingerprint density at radius 3 is 2.35 bits per heavy atom. The molecule has 1 unspecified atom stereocenters. The first-order valence-electron chi connectivity index (χ1n) is 6.63. The van der Waals surface area contributed by atoms with E-state index in [0.29, 0.717) is 6.54 Å². The topological polar surface area (TPSA) is 20.3 Å². The summed E-state index contributed by atoms with van der Waals surface area (Å²) in [6.45, 7) is 2.56. The van der Waals surface area contributed by atoms with Crippen LogP contribution in [0.15, 0.2) is 59.1 Å². The lowest BCUT2D eigenvalue weighted by atomic mass is 10.00. The number of hydrogen-bond donors (Lipinski definition) is 0. The second-order valence-corrected chi connectivity index (χ2v) is 5.77. The lowest BCUT2D eigenvalue weighted by Crippen LogP contribution is -2.30. The van der Waals surface area contributed by atoms with Crippen molar-refractivity contribution in [2.45, 2.75) is 19.4 Å². The van der Waals surface area contributed by atoms with Gasteiger partial charge < -0.3 is 4.90 Å². The number of carbonyl (C=O) groups excluding carboxylic acids is 1. The van der Waals surface area contributed by atoms with Gasteiger partial charge in [-0.25, -0.2) is 0 Å². The largest absolute Gasteiger partial charge is 0.341 e. The van der Waals surface area contributed by atoms with Crippen LogP contribution in [0.4, 0.5) is 0 Å². The molecule has 0 bridgehead atoms. The van der Waals surface area contributed by atoms with Gasteiger partial charge in [0.05, 0.1) is 5.92 Å². The van der Waals surface area contributed by atoms with Crippen LogP contribution in [-0.4, -0.2) is 17.9 Å². The smallest absolute Gasteiger partial charge is 0.229 e. The van der Waals surface area contributed by atoms with Gasteiger partial charge in [-0.15, -0.1) is 0 Å². The number of rotatable bonds is 4. The van der Waals surface area contributed by atoms with E-state index in [0.717, 1.165) is 15.6 Å². The molecular formula is C17H18BrNO. The highest BCUT2D eigenvalue weighted by atomic mass is 79.9. The summed E-state index contributed by atoms with van der Waals surface area (Å²) in [7, 11) is 1.85. The van der Waals surface area contributed by atoms with Gasteiger partial charge >= 0.3 is 0 Å².